The molecule has 1 aromatic heterocycles. The predicted molar refractivity (Wildman–Crippen MR) is 104 cm³/mol. The van der Waals surface area contributed by atoms with E-state index >= 15 is 0 Å². The third-order valence-electron chi connectivity index (χ3n) is 4.80. The van der Waals surface area contributed by atoms with E-state index in [0.717, 1.165) is 12.8 Å². The zero-order valence-corrected chi connectivity index (χ0v) is 15.9. The first-order valence-corrected chi connectivity index (χ1v) is 9.59. The number of amides is 2. The average molecular weight is 370 g/mol. The Hall–Kier alpha value is -2.70. The summed E-state index contributed by atoms with van der Waals surface area (Å²) in [6.45, 7) is 4.77. The first-order chi connectivity index (χ1) is 13.0. The van der Waals surface area contributed by atoms with E-state index in [9.17, 15) is 14.4 Å². The highest BCUT2D eigenvalue weighted by atomic mass is 16.2. The highest BCUT2D eigenvalue weighted by molar-refractivity contribution is 5.84. The first kappa shape index (κ1) is 19.1. The molecule has 0 atom stereocenters. The van der Waals surface area contributed by atoms with Crippen LogP contribution in [0.3, 0.4) is 0 Å². The Bertz CT molecular complexity index is 902. The minimum absolute atomic E-state index is 0.0276. The maximum atomic E-state index is 12.9. The number of rotatable bonds is 8. The van der Waals surface area contributed by atoms with Crippen molar-refractivity contribution in [1.82, 2.24) is 19.8 Å². The van der Waals surface area contributed by atoms with Crippen molar-refractivity contribution >= 4 is 22.7 Å². The zero-order chi connectivity index (χ0) is 19.4. The fraction of sp³-hybridized carbons (Fsp3) is 0.500. The van der Waals surface area contributed by atoms with Crippen LogP contribution in [0, 0.1) is 0 Å². The second-order valence-electron chi connectivity index (χ2n) is 6.81. The molecule has 1 saturated carbocycles. The van der Waals surface area contributed by atoms with Crippen LogP contribution in [-0.2, 0) is 16.0 Å². The van der Waals surface area contributed by atoms with E-state index in [1.54, 1.807) is 10.6 Å². The van der Waals surface area contributed by atoms with Gasteiger partial charge in [0.2, 0.25) is 11.8 Å². The third-order valence-corrected chi connectivity index (χ3v) is 4.80. The summed E-state index contributed by atoms with van der Waals surface area (Å²) in [6.07, 6.45) is 2.56. The topological polar surface area (TPSA) is 84.3 Å². The van der Waals surface area contributed by atoms with Gasteiger partial charge in [0, 0.05) is 32.0 Å². The van der Waals surface area contributed by atoms with E-state index < -0.39 is 0 Å². The molecule has 7 heteroatoms. The van der Waals surface area contributed by atoms with Gasteiger partial charge in [0.15, 0.2) is 0 Å². The van der Waals surface area contributed by atoms with Crippen molar-refractivity contribution < 1.29 is 9.59 Å². The van der Waals surface area contributed by atoms with Crippen LogP contribution < -0.4 is 10.9 Å². The molecule has 1 fully saturated rings. The van der Waals surface area contributed by atoms with Crippen molar-refractivity contribution in [2.75, 3.05) is 19.6 Å². The number of para-hydroxylation sites is 1. The van der Waals surface area contributed by atoms with Crippen molar-refractivity contribution in [2.24, 2.45) is 0 Å². The van der Waals surface area contributed by atoms with E-state index in [2.05, 4.69) is 10.3 Å². The molecule has 1 aromatic carbocycles. The van der Waals surface area contributed by atoms with Crippen molar-refractivity contribution in [3.05, 3.63) is 40.4 Å². The summed E-state index contributed by atoms with van der Waals surface area (Å²) in [5.74, 6) is 0.392. The standard InChI is InChI=1S/C20H26N4O3/c1-3-21-18(25)13-23(4-2)19(26)12-11-17-22-16-8-6-5-7-15(16)20(27)24(17)14-9-10-14/h5-8,14H,3-4,9-13H2,1-2H3,(H,21,25). The van der Waals surface area contributed by atoms with Crippen molar-refractivity contribution in [1.29, 1.82) is 0 Å². The number of aryl methyl sites for hydroxylation is 1. The molecule has 1 heterocycles. The summed E-state index contributed by atoms with van der Waals surface area (Å²) >= 11 is 0. The molecule has 1 aliphatic carbocycles. The molecule has 0 saturated heterocycles. The largest absolute Gasteiger partial charge is 0.355 e. The summed E-state index contributed by atoms with van der Waals surface area (Å²) in [7, 11) is 0. The number of nitrogens with zero attached hydrogens (tertiary/aromatic N) is 3. The average Bonchev–Trinajstić information content (AvgIpc) is 3.49. The number of hydrogen-bond acceptors (Lipinski definition) is 4. The van der Waals surface area contributed by atoms with E-state index in [1.165, 1.54) is 4.90 Å². The fourth-order valence-corrected chi connectivity index (χ4v) is 3.26. The van der Waals surface area contributed by atoms with Gasteiger partial charge in [-0.25, -0.2) is 4.98 Å². The Morgan fingerprint density at radius 1 is 1.26 bits per heavy atom. The number of aromatic nitrogens is 2. The number of nitrogens with one attached hydrogen (secondary N) is 1. The fourth-order valence-electron chi connectivity index (χ4n) is 3.26. The Balaban J connectivity index is 1.78. The first-order valence-electron chi connectivity index (χ1n) is 9.59. The van der Waals surface area contributed by atoms with Gasteiger partial charge in [0.1, 0.15) is 5.82 Å². The van der Waals surface area contributed by atoms with Crippen LogP contribution in [-0.4, -0.2) is 45.9 Å². The van der Waals surface area contributed by atoms with Crippen LogP contribution in [0.4, 0.5) is 0 Å². The molecule has 2 aromatic rings. The normalized spacial score (nSPS) is 13.6. The molecule has 1 aliphatic rings. The second-order valence-corrected chi connectivity index (χ2v) is 6.81. The zero-order valence-electron chi connectivity index (χ0n) is 15.9. The minimum Gasteiger partial charge on any atom is -0.355 e. The second kappa shape index (κ2) is 8.33. The molecular weight excluding hydrogens is 344 g/mol. The molecule has 0 bridgehead atoms. The smallest absolute Gasteiger partial charge is 0.261 e. The number of hydrogen-bond donors (Lipinski definition) is 1. The summed E-state index contributed by atoms with van der Waals surface area (Å²) in [5, 5.41) is 3.32. The van der Waals surface area contributed by atoms with Crippen LogP contribution >= 0.6 is 0 Å². The van der Waals surface area contributed by atoms with E-state index in [4.69, 9.17) is 0 Å². The number of likely N-dealkylation sites (N-methyl/N-ethyl adjacent to an activating group) is 2. The summed E-state index contributed by atoms with van der Waals surface area (Å²) in [5.41, 5.74) is 0.636. The van der Waals surface area contributed by atoms with Gasteiger partial charge in [0.25, 0.3) is 5.56 Å². The monoisotopic (exact) mass is 370 g/mol. The lowest BCUT2D eigenvalue weighted by Gasteiger charge is -2.20. The van der Waals surface area contributed by atoms with Crippen molar-refractivity contribution in [3.63, 3.8) is 0 Å². The number of fused-ring (bicyclic) bond motifs is 1. The van der Waals surface area contributed by atoms with E-state index in [-0.39, 0.29) is 36.4 Å². The van der Waals surface area contributed by atoms with Gasteiger partial charge in [-0.2, -0.15) is 0 Å². The maximum Gasteiger partial charge on any atom is 0.261 e. The van der Waals surface area contributed by atoms with Gasteiger partial charge >= 0.3 is 0 Å². The summed E-state index contributed by atoms with van der Waals surface area (Å²) in [4.78, 5) is 43.4. The van der Waals surface area contributed by atoms with Gasteiger partial charge in [-0.1, -0.05) is 12.1 Å². The van der Waals surface area contributed by atoms with Gasteiger partial charge < -0.3 is 10.2 Å². The molecule has 1 N–H and O–H groups in total. The Morgan fingerprint density at radius 3 is 2.67 bits per heavy atom. The SMILES string of the molecule is CCNC(=O)CN(CC)C(=O)CCc1nc2ccccc2c(=O)n1C1CC1. The Labute approximate surface area is 158 Å². The van der Waals surface area contributed by atoms with E-state index in [0.29, 0.717) is 36.2 Å². The molecular formula is C20H26N4O3. The van der Waals surface area contributed by atoms with Crippen LogP contribution in [0.5, 0.6) is 0 Å². The third kappa shape index (κ3) is 4.35. The van der Waals surface area contributed by atoms with Crippen LogP contribution in [0.2, 0.25) is 0 Å². The molecule has 7 nitrogen and oxygen atoms in total. The van der Waals surface area contributed by atoms with Crippen LogP contribution in [0.15, 0.2) is 29.1 Å². The molecule has 2 amide bonds. The van der Waals surface area contributed by atoms with Crippen LogP contribution in [0.1, 0.15) is 45.0 Å². The lowest BCUT2D eigenvalue weighted by molar-refractivity contribution is -0.135. The molecule has 0 unspecified atom stereocenters. The summed E-state index contributed by atoms with van der Waals surface area (Å²) < 4.78 is 1.76. The van der Waals surface area contributed by atoms with Crippen molar-refractivity contribution in [3.8, 4) is 0 Å². The lowest BCUT2D eigenvalue weighted by Crippen LogP contribution is -2.40. The van der Waals surface area contributed by atoms with Gasteiger partial charge in [-0.15, -0.1) is 0 Å². The lowest BCUT2D eigenvalue weighted by atomic mass is 10.2. The van der Waals surface area contributed by atoms with Crippen LogP contribution in [0.25, 0.3) is 10.9 Å². The highest BCUT2D eigenvalue weighted by Gasteiger charge is 2.28. The number of carbonyl (C=O) groups is 2. The number of carbonyl (C=O) groups excluding carboxylic acids is 2. The summed E-state index contributed by atoms with van der Waals surface area (Å²) in [6, 6.07) is 7.51. The van der Waals surface area contributed by atoms with E-state index in [1.807, 2.05) is 32.0 Å². The van der Waals surface area contributed by atoms with Gasteiger partial charge in [-0.05, 0) is 38.8 Å². The van der Waals surface area contributed by atoms with Gasteiger partial charge in [-0.3, -0.25) is 19.0 Å². The number of benzene rings is 1. The Morgan fingerprint density at radius 2 is 2.00 bits per heavy atom. The predicted octanol–water partition coefficient (Wildman–Crippen LogP) is 1.65. The molecule has 0 aliphatic heterocycles. The Kier molecular flexibility index (Phi) is 5.88. The molecule has 144 valence electrons. The quantitative estimate of drug-likeness (QED) is 0.766. The van der Waals surface area contributed by atoms with Gasteiger partial charge in [0.05, 0.1) is 17.4 Å². The highest BCUT2D eigenvalue weighted by Crippen LogP contribution is 2.34. The maximum absolute atomic E-state index is 12.9. The molecule has 27 heavy (non-hydrogen) atoms. The molecule has 0 radical (unpaired) electrons. The molecule has 0 spiro atoms. The molecule has 3 rings (SSSR count). The van der Waals surface area contributed by atoms with Crippen molar-refractivity contribution in [2.45, 2.75) is 45.6 Å². The minimum atomic E-state index is -0.161.